The van der Waals surface area contributed by atoms with Crippen molar-refractivity contribution in [2.45, 2.75) is 19.6 Å². The number of rotatable bonds is 5. The Morgan fingerprint density at radius 2 is 2.06 bits per heavy atom. The molecule has 0 fully saturated rings. The van der Waals surface area contributed by atoms with E-state index in [4.69, 9.17) is 5.11 Å². The molecule has 0 aliphatic rings. The average Bonchev–Trinajstić information content (AvgIpc) is 2.29. The van der Waals surface area contributed by atoms with E-state index in [2.05, 4.69) is 4.74 Å². The molecule has 0 amide bonds. The van der Waals surface area contributed by atoms with E-state index in [1.54, 1.807) is 0 Å². The van der Waals surface area contributed by atoms with Gasteiger partial charge in [-0.05, 0) is 24.6 Å². The fraction of sp³-hybridized carbons (Fsp3) is 0.273. The number of carboxylic acid groups (broad SMARTS) is 1. The first-order chi connectivity index (χ1) is 8.36. The number of ether oxygens (including phenoxy) is 1. The molecular weight excluding hydrogens is 250 g/mol. The molecule has 1 rings (SSSR count). The molecule has 1 aromatic carbocycles. The second-order valence-corrected chi connectivity index (χ2v) is 3.51. The van der Waals surface area contributed by atoms with Gasteiger partial charge in [0.15, 0.2) is 12.4 Å². The number of alkyl halides is 2. The van der Waals surface area contributed by atoms with Crippen LogP contribution in [0.25, 0.3) is 0 Å². The second kappa shape index (κ2) is 5.54. The molecule has 0 aliphatic carbocycles. The third-order valence-corrected chi connectivity index (χ3v) is 2.15. The number of halogens is 2. The summed E-state index contributed by atoms with van der Waals surface area (Å²) in [6.45, 7) is -1.71. The van der Waals surface area contributed by atoms with Gasteiger partial charge in [0, 0.05) is 5.56 Å². The Balaban J connectivity index is 3.40. The molecule has 1 unspecified atom stereocenters. The van der Waals surface area contributed by atoms with Crippen LogP contribution in [0.15, 0.2) is 12.1 Å². The molecule has 98 valence electrons. The molecule has 0 spiro atoms. The topological polar surface area (TPSA) is 83.8 Å². The van der Waals surface area contributed by atoms with Gasteiger partial charge in [0.25, 0.3) is 0 Å². The molecular formula is C11H10F2O5. The molecule has 0 bridgehead atoms. The third kappa shape index (κ3) is 3.01. The first-order valence-electron chi connectivity index (χ1n) is 4.82. The summed E-state index contributed by atoms with van der Waals surface area (Å²) in [7, 11) is 0. The van der Waals surface area contributed by atoms with E-state index in [9.17, 15) is 23.5 Å². The quantitative estimate of drug-likeness (QED) is 0.784. The number of aliphatic hydroxyl groups excluding tert-OH is 1. The highest BCUT2D eigenvalue weighted by atomic mass is 19.3. The average molecular weight is 260 g/mol. The number of benzene rings is 1. The van der Waals surface area contributed by atoms with Gasteiger partial charge in [0.2, 0.25) is 0 Å². The van der Waals surface area contributed by atoms with Crippen molar-refractivity contribution in [2.75, 3.05) is 0 Å². The molecule has 1 atom stereocenters. The summed E-state index contributed by atoms with van der Waals surface area (Å²) in [6, 6.07) is 2.42. The molecule has 0 heterocycles. The Morgan fingerprint density at radius 3 is 2.50 bits per heavy atom. The lowest BCUT2D eigenvalue weighted by Crippen LogP contribution is -2.15. The van der Waals surface area contributed by atoms with Crippen LogP contribution >= 0.6 is 0 Å². The second-order valence-electron chi connectivity index (χ2n) is 3.51. The van der Waals surface area contributed by atoms with E-state index in [0.717, 1.165) is 0 Å². The van der Waals surface area contributed by atoms with Crippen LogP contribution in [0.1, 0.15) is 27.6 Å². The summed E-state index contributed by atoms with van der Waals surface area (Å²) in [5, 5.41) is 18.1. The first-order valence-corrected chi connectivity index (χ1v) is 4.82. The van der Waals surface area contributed by atoms with E-state index >= 15 is 0 Å². The van der Waals surface area contributed by atoms with Crippen LogP contribution in [0.3, 0.4) is 0 Å². The van der Waals surface area contributed by atoms with Crippen molar-refractivity contribution >= 4 is 12.3 Å². The number of aliphatic hydroxyl groups is 1. The summed E-state index contributed by atoms with van der Waals surface area (Å²) >= 11 is 0. The molecule has 1 aromatic rings. The zero-order valence-corrected chi connectivity index (χ0v) is 9.26. The molecule has 0 radical (unpaired) electrons. The van der Waals surface area contributed by atoms with Gasteiger partial charge in [-0.15, -0.1) is 0 Å². The number of hydrogen-bond acceptors (Lipinski definition) is 4. The third-order valence-electron chi connectivity index (χ3n) is 2.15. The van der Waals surface area contributed by atoms with Gasteiger partial charge < -0.3 is 14.9 Å². The lowest BCUT2D eigenvalue weighted by molar-refractivity contribution is -0.147. The van der Waals surface area contributed by atoms with Crippen LogP contribution in [0.5, 0.6) is 5.75 Å². The van der Waals surface area contributed by atoms with Crippen molar-refractivity contribution in [3.63, 3.8) is 0 Å². The van der Waals surface area contributed by atoms with Crippen LogP contribution in [0, 0.1) is 6.92 Å². The molecule has 0 aliphatic heterocycles. The largest absolute Gasteiger partial charge is 0.479 e. The zero-order chi connectivity index (χ0) is 13.9. The number of aldehydes is 1. The smallest absolute Gasteiger partial charge is 0.387 e. The van der Waals surface area contributed by atoms with E-state index in [1.165, 1.54) is 19.1 Å². The minimum Gasteiger partial charge on any atom is -0.479 e. The van der Waals surface area contributed by atoms with Crippen LogP contribution in [-0.4, -0.2) is 29.1 Å². The Kier molecular flexibility index (Phi) is 4.33. The lowest BCUT2D eigenvalue weighted by Gasteiger charge is -2.15. The summed E-state index contributed by atoms with van der Waals surface area (Å²) < 4.78 is 28.5. The maximum absolute atomic E-state index is 12.2. The molecule has 18 heavy (non-hydrogen) atoms. The molecule has 7 heteroatoms. The Morgan fingerprint density at radius 1 is 1.44 bits per heavy atom. The molecule has 0 saturated carbocycles. The van der Waals surface area contributed by atoms with Gasteiger partial charge in [-0.2, -0.15) is 8.78 Å². The Labute approximate surface area is 101 Å². The van der Waals surface area contributed by atoms with Crippen LogP contribution < -0.4 is 4.74 Å². The predicted octanol–water partition coefficient (Wildman–Crippen LogP) is 1.53. The maximum Gasteiger partial charge on any atom is 0.387 e. The molecule has 5 nitrogen and oxygen atoms in total. The first kappa shape index (κ1) is 14.0. The Hall–Kier alpha value is -2.02. The highest BCUT2D eigenvalue weighted by Crippen LogP contribution is 2.31. The monoisotopic (exact) mass is 260 g/mol. The van der Waals surface area contributed by atoms with E-state index in [-0.39, 0.29) is 17.4 Å². The number of carboxylic acids is 1. The lowest BCUT2D eigenvalue weighted by atomic mass is 10.0. The minimum absolute atomic E-state index is 0.245. The number of carbonyl (C=O) groups excluding carboxylic acids is 1. The van der Waals surface area contributed by atoms with Gasteiger partial charge in [-0.3, -0.25) is 4.79 Å². The summed E-state index contributed by atoms with van der Waals surface area (Å²) in [5.74, 6) is -2.25. The highest BCUT2D eigenvalue weighted by Gasteiger charge is 2.25. The number of aryl methyl sites for hydroxylation is 1. The van der Waals surface area contributed by atoms with Gasteiger partial charge in [0.1, 0.15) is 5.75 Å². The zero-order valence-electron chi connectivity index (χ0n) is 9.26. The number of hydrogen-bond donors (Lipinski definition) is 2. The SMILES string of the molecule is Cc1cc(C=O)c(OC(F)F)c(C(O)C(=O)O)c1. The molecule has 2 N–H and O–H groups in total. The van der Waals surface area contributed by atoms with Crippen molar-refractivity contribution in [1.29, 1.82) is 0 Å². The normalized spacial score (nSPS) is 12.3. The summed E-state index contributed by atoms with van der Waals surface area (Å²) in [4.78, 5) is 21.4. The summed E-state index contributed by atoms with van der Waals surface area (Å²) in [6.07, 6.45) is -1.79. The summed E-state index contributed by atoms with van der Waals surface area (Å²) in [5.41, 5.74) is -0.190. The van der Waals surface area contributed by atoms with Crippen molar-refractivity contribution < 1.29 is 33.3 Å². The van der Waals surface area contributed by atoms with Gasteiger partial charge in [-0.25, -0.2) is 4.79 Å². The fourth-order valence-corrected chi connectivity index (χ4v) is 1.48. The van der Waals surface area contributed by atoms with Gasteiger partial charge in [-0.1, -0.05) is 0 Å². The number of aliphatic carboxylic acids is 1. The maximum atomic E-state index is 12.2. The van der Waals surface area contributed by atoms with E-state index in [0.29, 0.717) is 5.56 Å². The highest BCUT2D eigenvalue weighted by molar-refractivity contribution is 5.83. The molecule has 0 saturated heterocycles. The van der Waals surface area contributed by atoms with Gasteiger partial charge >= 0.3 is 12.6 Å². The van der Waals surface area contributed by atoms with E-state index in [1.807, 2.05) is 0 Å². The number of carbonyl (C=O) groups is 2. The van der Waals surface area contributed by atoms with Crippen molar-refractivity contribution in [1.82, 2.24) is 0 Å². The van der Waals surface area contributed by atoms with Crippen molar-refractivity contribution in [3.05, 3.63) is 28.8 Å². The predicted molar refractivity (Wildman–Crippen MR) is 55.8 cm³/mol. The fourth-order valence-electron chi connectivity index (χ4n) is 1.48. The molecule has 0 aromatic heterocycles. The Bertz CT molecular complexity index is 473. The van der Waals surface area contributed by atoms with Gasteiger partial charge in [0.05, 0.1) is 5.56 Å². The minimum atomic E-state index is -3.23. The standard InChI is InChI=1S/C11H10F2O5/c1-5-2-6(4-14)9(18-11(12)13)7(3-5)8(15)10(16)17/h2-4,8,11,15H,1H3,(H,16,17). The van der Waals surface area contributed by atoms with E-state index < -0.39 is 24.4 Å². The van der Waals surface area contributed by atoms with Crippen LogP contribution in [0.4, 0.5) is 8.78 Å². The van der Waals surface area contributed by atoms with Crippen LogP contribution in [-0.2, 0) is 4.79 Å². The van der Waals surface area contributed by atoms with Crippen molar-refractivity contribution in [3.8, 4) is 5.75 Å². The van der Waals surface area contributed by atoms with Crippen molar-refractivity contribution in [2.24, 2.45) is 0 Å². The van der Waals surface area contributed by atoms with Crippen LogP contribution in [0.2, 0.25) is 0 Å².